The first kappa shape index (κ1) is 15.5. The predicted molar refractivity (Wildman–Crippen MR) is 81.5 cm³/mol. The van der Waals surface area contributed by atoms with E-state index in [1.807, 2.05) is 19.0 Å². The lowest BCUT2D eigenvalue weighted by molar-refractivity contribution is -0.0351. The van der Waals surface area contributed by atoms with Gasteiger partial charge in [-0.05, 0) is 12.8 Å². The number of rotatable bonds is 5. The quantitative estimate of drug-likeness (QED) is 0.844. The summed E-state index contributed by atoms with van der Waals surface area (Å²) in [4.78, 5) is 8.54. The summed E-state index contributed by atoms with van der Waals surface area (Å²) in [5, 5.41) is 20.9. The molecule has 1 aliphatic heterocycles. The predicted octanol–water partition coefficient (Wildman–Crippen LogP) is 0.954. The first-order valence-corrected chi connectivity index (χ1v) is 7.84. The standard InChI is InChI=1S/C13H24N4O2S/c1-4-6-13(9-18)8-17(7-5-10(13)19)12-14-11(15-20-12)16(2)3/h10,18-19H,4-9H2,1-3H3/t10-,13-/m0/s1. The van der Waals surface area contributed by atoms with Crippen LogP contribution in [0.2, 0.25) is 0 Å². The summed E-state index contributed by atoms with van der Waals surface area (Å²) in [6, 6.07) is 0. The number of hydrogen-bond acceptors (Lipinski definition) is 7. The minimum Gasteiger partial charge on any atom is -0.396 e. The average molecular weight is 300 g/mol. The van der Waals surface area contributed by atoms with Gasteiger partial charge in [-0.2, -0.15) is 9.36 Å². The van der Waals surface area contributed by atoms with Crippen molar-refractivity contribution < 1.29 is 10.2 Å². The molecular weight excluding hydrogens is 276 g/mol. The molecule has 20 heavy (non-hydrogen) atoms. The van der Waals surface area contributed by atoms with Crippen LogP contribution in [0.15, 0.2) is 0 Å². The third-order valence-corrected chi connectivity index (χ3v) is 4.79. The molecule has 0 aromatic carbocycles. The molecule has 0 aliphatic carbocycles. The molecule has 0 amide bonds. The van der Waals surface area contributed by atoms with Crippen LogP contribution in [0.3, 0.4) is 0 Å². The Morgan fingerprint density at radius 1 is 1.50 bits per heavy atom. The van der Waals surface area contributed by atoms with Gasteiger partial charge in [-0.1, -0.05) is 13.3 Å². The number of nitrogens with zero attached hydrogens (tertiary/aromatic N) is 4. The monoisotopic (exact) mass is 300 g/mol. The van der Waals surface area contributed by atoms with Crippen LogP contribution in [0.4, 0.5) is 11.1 Å². The molecule has 2 N–H and O–H groups in total. The lowest BCUT2D eigenvalue weighted by atomic mass is 9.75. The van der Waals surface area contributed by atoms with Gasteiger partial charge in [0, 0.05) is 44.1 Å². The molecule has 2 heterocycles. The van der Waals surface area contributed by atoms with Crippen molar-refractivity contribution in [1.82, 2.24) is 9.36 Å². The molecule has 1 fully saturated rings. The van der Waals surface area contributed by atoms with Crippen LogP contribution in [-0.2, 0) is 0 Å². The van der Waals surface area contributed by atoms with E-state index in [9.17, 15) is 10.2 Å². The highest BCUT2D eigenvalue weighted by molar-refractivity contribution is 7.09. The van der Waals surface area contributed by atoms with E-state index in [4.69, 9.17) is 0 Å². The molecule has 0 unspecified atom stereocenters. The van der Waals surface area contributed by atoms with E-state index in [-0.39, 0.29) is 6.61 Å². The topological polar surface area (TPSA) is 72.7 Å². The summed E-state index contributed by atoms with van der Waals surface area (Å²) in [6.07, 6.45) is 1.99. The lowest BCUT2D eigenvalue weighted by Gasteiger charge is -2.45. The highest BCUT2D eigenvalue weighted by Gasteiger charge is 2.42. The van der Waals surface area contributed by atoms with Crippen molar-refractivity contribution in [3.63, 3.8) is 0 Å². The second kappa shape index (κ2) is 6.24. The van der Waals surface area contributed by atoms with Gasteiger partial charge >= 0.3 is 0 Å². The zero-order chi connectivity index (χ0) is 14.8. The van der Waals surface area contributed by atoms with Crippen LogP contribution >= 0.6 is 11.5 Å². The molecule has 1 saturated heterocycles. The van der Waals surface area contributed by atoms with Gasteiger partial charge in [0.25, 0.3) is 0 Å². The zero-order valence-electron chi connectivity index (χ0n) is 12.4. The number of anilines is 2. The highest BCUT2D eigenvalue weighted by atomic mass is 32.1. The number of aliphatic hydroxyl groups excluding tert-OH is 2. The molecule has 0 radical (unpaired) electrons. The van der Waals surface area contributed by atoms with Gasteiger partial charge in [-0.3, -0.25) is 0 Å². The average Bonchev–Trinajstić information content (AvgIpc) is 2.91. The molecule has 0 saturated carbocycles. The van der Waals surface area contributed by atoms with E-state index in [1.54, 1.807) is 0 Å². The molecule has 6 nitrogen and oxygen atoms in total. The SMILES string of the molecule is CCC[C@@]1(CO)CN(c2nc(N(C)C)ns2)CC[C@@H]1O. The fraction of sp³-hybridized carbons (Fsp3) is 0.846. The van der Waals surface area contributed by atoms with Crippen molar-refractivity contribution in [2.75, 3.05) is 43.6 Å². The normalized spacial score (nSPS) is 26.9. The molecule has 0 bridgehead atoms. The summed E-state index contributed by atoms with van der Waals surface area (Å²) < 4.78 is 4.32. The van der Waals surface area contributed by atoms with Crippen molar-refractivity contribution in [3.8, 4) is 0 Å². The molecule has 2 rings (SSSR count). The minimum absolute atomic E-state index is 0.0118. The van der Waals surface area contributed by atoms with Crippen molar-refractivity contribution in [2.24, 2.45) is 5.41 Å². The smallest absolute Gasteiger partial charge is 0.238 e. The highest BCUT2D eigenvalue weighted by Crippen LogP contribution is 2.37. The van der Waals surface area contributed by atoms with Crippen molar-refractivity contribution in [3.05, 3.63) is 0 Å². The molecule has 114 valence electrons. The number of aromatic nitrogens is 2. The van der Waals surface area contributed by atoms with Crippen LogP contribution in [0.25, 0.3) is 0 Å². The van der Waals surface area contributed by atoms with Gasteiger partial charge in [0.2, 0.25) is 11.1 Å². The minimum atomic E-state index is -0.440. The lowest BCUT2D eigenvalue weighted by Crippen LogP contribution is -2.53. The van der Waals surface area contributed by atoms with E-state index in [2.05, 4.69) is 21.2 Å². The summed E-state index contributed by atoms with van der Waals surface area (Å²) in [5.74, 6) is 0.709. The van der Waals surface area contributed by atoms with Crippen molar-refractivity contribution in [1.29, 1.82) is 0 Å². The first-order chi connectivity index (χ1) is 9.52. The van der Waals surface area contributed by atoms with Gasteiger partial charge in [0.05, 0.1) is 12.7 Å². The third-order valence-electron chi connectivity index (χ3n) is 4.02. The van der Waals surface area contributed by atoms with Crippen LogP contribution in [0.1, 0.15) is 26.2 Å². The third kappa shape index (κ3) is 2.89. The zero-order valence-corrected chi connectivity index (χ0v) is 13.2. The first-order valence-electron chi connectivity index (χ1n) is 7.07. The number of hydrogen-bond donors (Lipinski definition) is 2. The Morgan fingerprint density at radius 2 is 2.25 bits per heavy atom. The van der Waals surface area contributed by atoms with Crippen LogP contribution in [0, 0.1) is 5.41 Å². The van der Waals surface area contributed by atoms with Crippen molar-refractivity contribution in [2.45, 2.75) is 32.3 Å². The maximum Gasteiger partial charge on any atom is 0.238 e. The second-order valence-electron chi connectivity index (χ2n) is 5.77. The van der Waals surface area contributed by atoms with Crippen molar-refractivity contribution >= 4 is 22.6 Å². The van der Waals surface area contributed by atoms with Crippen LogP contribution in [0.5, 0.6) is 0 Å². The molecular formula is C13H24N4O2S. The second-order valence-corrected chi connectivity index (χ2v) is 6.50. The van der Waals surface area contributed by atoms with Gasteiger partial charge in [-0.15, -0.1) is 0 Å². The Kier molecular flexibility index (Phi) is 4.82. The maximum atomic E-state index is 10.3. The number of piperidine rings is 1. The Balaban J connectivity index is 2.17. The fourth-order valence-electron chi connectivity index (χ4n) is 2.81. The summed E-state index contributed by atoms with van der Waals surface area (Å²) in [7, 11) is 3.84. The van der Waals surface area contributed by atoms with Gasteiger partial charge in [-0.25, -0.2) is 0 Å². The molecule has 2 atom stereocenters. The van der Waals surface area contributed by atoms with Gasteiger partial charge in [0.1, 0.15) is 0 Å². The number of aliphatic hydroxyl groups is 2. The molecule has 1 aliphatic rings. The fourth-order valence-corrected chi connectivity index (χ4v) is 3.57. The molecule has 7 heteroatoms. The Labute approximate surface area is 124 Å². The largest absolute Gasteiger partial charge is 0.396 e. The van der Waals surface area contributed by atoms with Gasteiger partial charge in [0.15, 0.2) is 0 Å². The van der Waals surface area contributed by atoms with Crippen LogP contribution < -0.4 is 9.80 Å². The molecule has 1 aromatic rings. The Morgan fingerprint density at radius 3 is 2.80 bits per heavy atom. The Bertz CT molecular complexity index is 440. The van der Waals surface area contributed by atoms with E-state index >= 15 is 0 Å². The molecule has 1 aromatic heterocycles. The van der Waals surface area contributed by atoms with Crippen LogP contribution in [-0.4, -0.2) is 59.5 Å². The van der Waals surface area contributed by atoms with E-state index in [0.29, 0.717) is 18.9 Å². The van der Waals surface area contributed by atoms with Gasteiger partial charge < -0.3 is 20.0 Å². The van der Waals surface area contributed by atoms with E-state index in [0.717, 1.165) is 24.5 Å². The maximum absolute atomic E-state index is 10.3. The molecule has 0 spiro atoms. The summed E-state index contributed by atoms with van der Waals surface area (Å²) >= 11 is 1.37. The summed E-state index contributed by atoms with van der Waals surface area (Å²) in [5.41, 5.74) is -0.434. The Hall–Kier alpha value is -0.920. The van der Waals surface area contributed by atoms with E-state index < -0.39 is 11.5 Å². The summed E-state index contributed by atoms with van der Waals surface area (Å²) in [6.45, 7) is 3.49. The van der Waals surface area contributed by atoms with E-state index in [1.165, 1.54) is 11.5 Å².